The van der Waals surface area contributed by atoms with Gasteiger partial charge < -0.3 is 19.1 Å². The van der Waals surface area contributed by atoms with Gasteiger partial charge in [-0.1, -0.05) is 60.7 Å². The summed E-state index contributed by atoms with van der Waals surface area (Å²) in [6, 6.07) is 22.4. The monoisotopic (exact) mass is 525 g/mol. The van der Waals surface area contributed by atoms with Gasteiger partial charge in [-0.25, -0.2) is 4.79 Å². The van der Waals surface area contributed by atoms with Gasteiger partial charge in [0.1, 0.15) is 24.0 Å². The molecule has 0 aromatic heterocycles. The number of hydrogen-bond acceptors (Lipinski definition) is 6. The van der Waals surface area contributed by atoms with Crippen molar-refractivity contribution in [3.05, 3.63) is 95.1 Å². The van der Waals surface area contributed by atoms with Crippen LogP contribution in [-0.2, 0) is 18.6 Å². The van der Waals surface area contributed by atoms with Gasteiger partial charge in [0.25, 0.3) is 5.91 Å². The molecule has 1 aliphatic heterocycles. The second-order valence-electron chi connectivity index (χ2n) is 8.52. The van der Waals surface area contributed by atoms with E-state index in [2.05, 4.69) is 9.61 Å². The molecule has 8 heteroatoms. The van der Waals surface area contributed by atoms with Gasteiger partial charge >= 0.3 is 5.97 Å². The van der Waals surface area contributed by atoms with Gasteiger partial charge in [0.15, 0.2) is 6.29 Å². The molecule has 1 fully saturated rings. The number of amides is 1. The Balaban J connectivity index is 1.64. The minimum Gasteiger partial charge on any atom is -0.345 e. The standard InChI is InChI=1S/C28H28ClNO5S/c1-18-8-6-7-11-21(18)23-16-20(28-33-17-25(34-28)19-9-4-3-5-10-19)12-13-22(23)26(31)30-24(14-15-36-2)27(32)35-29/h3-13,16,24-25,28H,14-15,17H2,1-2H3,(H,30,31). The second-order valence-corrected chi connectivity index (χ2v) is 9.66. The number of carbonyl (C=O) groups is 2. The predicted molar refractivity (Wildman–Crippen MR) is 142 cm³/mol. The fraction of sp³-hybridized carbons (Fsp3) is 0.286. The number of rotatable bonds is 9. The first kappa shape index (κ1) is 26.2. The Morgan fingerprint density at radius 3 is 2.53 bits per heavy atom. The highest BCUT2D eigenvalue weighted by Gasteiger charge is 2.30. The van der Waals surface area contributed by atoms with Crippen LogP contribution >= 0.6 is 23.6 Å². The molecule has 6 nitrogen and oxygen atoms in total. The average Bonchev–Trinajstić information content (AvgIpc) is 3.41. The highest BCUT2D eigenvalue weighted by atomic mass is 35.5. The summed E-state index contributed by atoms with van der Waals surface area (Å²) in [6.07, 6.45) is 1.60. The summed E-state index contributed by atoms with van der Waals surface area (Å²) in [4.78, 5) is 25.5. The minimum absolute atomic E-state index is 0.167. The van der Waals surface area contributed by atoms with Crippen molar-refractivity contribution < 1.29 is 23.4 Å². The van der Waals surface area contributed by atoms with E-state index in [-0.39, 0.29) is 12.0 Å². The molecule has 3 aromatic carbocycles. The SMILES string of the molecule is CSCCC(NC(=O)c1ccc(C2OCC(c3ccccc3)O2)cc1-c1ccccc1C)C(=O)OCl. The zero-order valence-corrected chi connectivity index (χ0v) is 21.7. The lowest BCUT2D eigenvalue weighted by Crippen LogP contribution is -2.41. The van der Waals surface area contributed by atoms with Crippen LogP contribution in [0.5, 0.6) is 0 Å². The summed E-state index contributed by atoms with van der Waals surface area (Å²) < 4.78 is 16.6. The van der Waals surface area contributed by atoms with E-state index in [9.17, 15) is 9.59 Å². The molecule has 1 amide bonds. The Labute approximate surface area is 220 Å². The molecule has 3 unspecified atom stereocenters. The lowest BCUT2D eigenvalue weighted by Gasteiger charge is -2.19. The third-order valence-corrected chi connectivity index (χ3v) is 6.93. The Hall–Kier alpha value is -2.84. The van der Waals surface area contributed by atoms with E-state index in [1.165, 1.54) is 0 Å². The zero-order valence-electron chi connectivity index (χ0n) is 20.1. The van der Waals surface area contributed by atoms with Crippen LogP contribution in [0.25, 0.3) is 11.1 Å². The fourth-order valence-electron chi connectivity index (χ4n) is 4.20. The Kier molecular flexibility index (Phi) is 9.04. The molecule has 0 aliphatic carbocycles. The summed E-state index contributed by atoms with van der Waals surface area (Å²) >= 11 is 6.88. The van der Waals surface area contributed by atoms with Gasteiger partial charge in [0.05, 0.1) is 6.61 Å². The van der Waals surface area contributed by atoms with Gasteiger partial charge in [-0.2, -0.15) is 11.8 Å². The van der Waals surface area contributed by atoms with Crippen LogP contribution in [0.2, 0.25) is 0 Å². The molecule has 36 heavy (non-hydrogen) atoms. The minimum atomic E-state index is -0.847. The van der Waals surface area contributed by atoms with Crippen LogP contribution in [0, 0.1) is 6.92 Å². The molecule has 1 aliphatic rings. The third kappa shape index (κ3) is 6.10. The van der Waals surface area contributed by atoms with Crippen LogP contribution < -0.4 is 5.32 Å². The van der Waals surface area contributed by atoms with Crippen molar-refractivity contribution in [1.29, 1.82) is 0 Å². The predicted octanol–water partition coefficient (Wildman–Crippen LogP) is 6.00. The molecule has 0 spiro atoms. The van der Waals surface area contributed by atoms with E-state index in [1.807, 2.05) is 79.9 Å². The number of aryl methyl sites for hydroxylation is 1. The molecule has 0 radical (unpaired) electrons. The number of hydrogen-bond donors (Lipinski definition) is 1. The van der Waals surface area contributed by atoms with Gasteiger partial charge in [-0.15, -0.1) is 0 Å². The number of ether oxygens (including phenoxy) is 2. The number of nitrogens with one attached hydrogen (secondary N) is 1. The van der Waals surface area contributed by atoms with Crippen molar-refractivity contribution in [2.45, 2.75) is 31.8 Å². The van der Waals surface area contributed by atoms with E-state index in [1.54, 1.807) is 17.8 Å². The van der Waals surface area contributed by atoms with Crippen molar-refractivity contribution in [1.82, 2.24) is 5.32 Å². The van der Waals surface area contributed by atoms with Crippen LogP contribution in [0.4, 0.5) is 0 Å². The van der Waals surface area contributed by atoms with Gasteiger partial charge in [0.2, 0.25) is 0 Å². The van der Waals surface area contributed by atoms with E-state index < -0.39 is 18.3 Å². The van der Waals surface area contributed by atoms with Crippen molar-refractivity contribution in [3.63, 3.8) is 0 Å². The van der Waals surface area contributed by atoms with Crippen LogP contribution in [0.1, 0.15) is 45.9 Å². The topological polar surface area (TPSA) is 73.9 Å². The maximum Gasteiger partial charge on any atom is 0.346 e. The summed E-state index contributed by atoms with van der Waals surface area (Å²) in [5, 5.41) is 2.79. The largest absolute Gasteiger partial charge is 0.346 e. The normalized spacial score (nSPS) is 18.0. The smallest absolute Gasteiger partial charge is 0.345 e. The molecule has 188 valence electrons. The first-order valence-corrected chi connectivity index (χ1v) is 13.4. The zero-order chi connectivity index (χ0) is 25.5. The van der Waals surface area contributed by atoms with Crippen molar-refractivity contribution in [2.75, 3.05) is 18.6 Å². The molecule has 0 saturated carbocycles. The maximum absolute atomic E-state index is 13.4. The summed E-state index contributed by atoms with van der Waals surface area (Å²) in [5.41, 5.74) is 4.93. The number of benzene rings is 3. The highest BCUT2D eigenvalue weighted by molar-refractivity contribution is 7.98. The molecule has 3 atom stereocenters. The number of carbonyl (C=O) groups excluding carboxylic acids is 2. The highest BCUT2D eigenvalue weighted by Crippen LogP contribution is 2.37. The van der Waals surface area contributed by atoms with Crippen LogP contribution in [0.3, 0.4) is 0 Å². The summed E-state index contributed by atoms with van der Waals surface area (Å²) in [7, 11) is 0. The van der Waals surface area contributed by atoms with E-state index in [0.717, 1.165) is 27.8 Å². The van der Waals surface area contributed by atoms with E-state index in [0.29, 0.717) is 24.3 Å². The fourth-order valence-corrected chi connectivity index (χ4v) is 4.78. The Bertz CT molecular complexity index is 1210. The molecule has 1 N–H and O–H groups in total. The lowest BCUT2D eigenvalue weighted by atomic mass is 9.93. The van der Waals surface area contributed by atoms with Crippen LogP contribution in [-0.4, -0.2) is 36.5 Å². The first-order valence-electron chi connectivity index (χ1n) is 11.7. The van der Waals surface area contributed by atoms with E-state index in [4.69, 9.17) is 21.3 Å². The lowest BCUT2D eigenvalue weighted by molar-refractivity contribution is -0.136. The van der Waals surface area contributed by atoms with Gasteiger partial charge in [-0.05, 0) is 59.7 Å². The molecule has 1 saturated heterocycles. The van der Waals surface area contributed by atoms with Crippen molar-refractivity contribution >= 4 is 35.5 Å². The van der Waals surface area contributed by atoms with Crippen molar-refractivity contribution in [3.8, 4) is 11.1 Å². The quantitative estimate of drug-likeness (QED) is 0.369. The van der Waals surface area contributed by atoms with Gasteiger partial charge in [0, 0.05) is 11.1 Å². The molecule has 4 rings (SSSR count). The van der Waals surface area contributed by atoms with Gasteiger partial charge in [-0.3, -0.25) is 4.79 Å². The third-order valence-electron chi connectivity index (χ3n) is 6.13. The summed E-state index contributed by atoms with van der Waals surface area (Å²) in [6.45, 7) is 2.43. The molecule has 0 bridgehead atoms. The summed E-state index contributed by atoms with van der Waals surface area (Å²) in [5.74, 6) is -0.407. The number of thioether (sulfide) groups is 1. The Morgan fingerprint density at radius 1 is 1.06 bits per heavy atom. The number of halogens is 1. The van der Waals surface area contributed by atoms with Crippen LogP contribution in [0.15, 0.2) is 72.8 Å². The molecular weight excluding hydrogens is 498 g/mol. The second kappa shape index (κ2) is 12.4. The Morgan fingerprint density at radius 2 is 1.81 bits per heavy atom. The molecule has 3 aromatic rings. The van der Waals surface area contributed by atoms with E-state index >= 15 is 0 Å². The molecular formula is C28H28ClNO5S. The average molecular weight is 526 g/mol. The molecule has 1 heterocycles. The first-order chi connectivity index (χ1) is 17.5. The maximum atomic E-state index is 13.4. The van der Waals surface area contributed by atoms with Crippen molar-refractivity contribution in [2.24, 2.45) is 0 Å².